The number of nitrogens with zero attached hydrogens (tertiary/aromatic N) is 1. The van der Waals surface area contributed by atoms with Gasteiger partial charge >= 0.3 is 11.7 Å². The number of carbonyl (C=O) groups excluding carboxylic acids is 1. The van der Waals surface area contributed by atoms with Gasteiger partial charge in [-0.1, -0.05) is 36.4 Å². The predicted molar refractivity (Wildman–Crippen MR) is 140 cm³/mol. The second-order valence-corrected chi connectivity index (χ2v) is 9.56. The van der Waals surface area contributed by atoms with Crippen molar-refractivity contribution in [3.8, 4) is 28.1 Å². The number of esters is 1. The van der Waals surface area contributed by atoms with Gasteiger partial charge in [0.2, 0.25) is 5.75 Å². The maximum Gasteiger partial charge on any atom is 0.348 e. The van der Waals surface area contributed by atoms with E-state index < -0.39 is 10.9 Å². The van der Waals surface area contributed by atoms with Crippen molar-refractivity contribution in [3.63, 3.8) is 0 Å². The van der Waals surface area contributed by atoms with Gasteiger partial charge in [-0.15, -0.1) is 11.3 Å². The second kappa shape index (κ2) is 11.1. The standard InChI is InChI=1S/C27H26N2O7S/c1-33-27(30)21-16-19-26(37-21)23(17-8-3-2-4-9-17)24(28-19)18-10-7-11-20(29(31)32)25(18)36-15-14-35-22-12-5-6-13-34-22/h2-4,7-11,16,22,28H,5-6,12-15H2,1H3. The largest absolute Gasteiger partial charge is 0.484 e. The highest BCUT2D eigenvalue weighted by Crippen LogP contribution is 2.46. The Balaban J connectivity index is 1.54. The fourth-order valence-electron chi connectivity index (χ4n) is 4.45. The molecule has 0 spiro atoms. The number of methoxy groups -OCH3 is 1. The number of benzene rings is 2. The summed E-state index contributed by atoms with van der Waals surface area (Å²) >= 11 is 1.31. The highest BCUT2D eigenvalue weighted by atomic mass is 32.1. The summed E-state index contributed by atoms with van der Waals surface area (Å²) in [5, 5.41) is 11.9. The van der Waals surface area contributed by atoms with Crippen LogP contribution in [0, 0.1) is 10.1 Å². The molecular weight excluding hydrogens is 496 g/mol. The van der Waals surface area contributed by atoms with Crippen LogP contribution in [0.25, 0.3) is 32.6 Å². The molecule has 1 aliphatic heterocycles. The first-order valence-corrected chi connectivity index (χ1v) is 12.8. The van der Waals surface area contributed by atoms with E-state index in [0.717, 1.165) is 40.6 Å². The Kier molecular flexibility index (Phi) is 7.50. The van der Waals surface area contributed by atoms with Crippen LogP contribution in [0.4, 0.5) is 5.69 Å². The minimum atomic E-state index is -0.452. The lowest BCUT2D eigenvalue weighted by Gasteiger charge is -2.22. The van der Waals surface area contributed by atoms with E-state index in [9.17, 15) is 14.9 Å². The van der Waals surface area contributed by atoms with Crippen LogP contribution in [-0.4, -0.2) is 49.1 Å². The van der Waals surface area contributed by atoms with Gasteiger partial charge in [-0.2, -0.15) is 0 Å². The van der Waals surface area contributed by atoms with Crippen LogP contribution in [0.5, 0.6) is 5.75 Å². The molecule has 1 fully saturated rings. The van der Waals surface area contributed by atoms with Gasteiger partial charge in [-0.3, -0.25) is 10.1 Å². The van der Waals surface area contributed by atoms with Crippen molar-refractivity contribution in [2.75, 3.05) is 26.9 Å². The molecule has 0 aliphatic carbocycles. The Labute approximate surface area is 217 Å². The molecule has 2 aromatic carbocycles. The van der Waals surface area contributed by atoms with E-state index in [-0.39, 0.29) is 30.9 Å². The molecular formula is C27H26N2O7S. The summed E-state index contributed by atoms with van der Waals surface area (Å²) < 4.78 is 23.1. The molecule has 1 atom stereocenters. The van der Waals surface area contributed by atoms with Crippen LogP contribution in [-0.2, 0) is 14.2 Å². The lowest BCUT2D eigenvalue weighted by molar-refractivity contribution is -0.385. The smallest absolute Gasteiger partial charge is 0.348 e. The third-order valence-electron chi connectivity index (χ3n) is 6.15. The number of aromatic amines is 1. The SMILES string of the molecule is COC(=O)c1cc2[nH]c(-c3cccc([N+](=O)[O-])c3OCCOC3CCCCO3)c(-c3ccccc3)c2s1. The van der Waals surface area contributed by atoms with E-state index in [1.807, 2.05) is 30.3 Å². The first-order valence-electron chi connectivity index (χ1n) is 12.0. The fraction of sp³-hybridized carbons (Fsp3) is 0.296. The summed E-state index contributed by atoms with van der Waals surface area (Å²) in [7, 11) is 1.34. The van der Waals surface area contributed by atoms with E-state index in [4.69, 9.17) is 18.9 Å². The van der Waals surface area contributed by atoms with Crippen molar-refractivity contribution < 1.29 is 28.7 Å². The first-order chi connectivity index (χ1) is 18.1. The molecule has 0 amide bonds. The highest BCUT2D eigenvalue weighted by molar-refractivity contribution is 7.21. The third-order valence-corrected chi connectivity index (χ3v) is 7.28. The van der Waals surface area contributed by atoms with E-state index in [1.165, 1.54) is 24.5 Å². The molecule has 1 aliphatic rings. The van der Waals surface area contributed by atoms with Crippen LogP contribution in [0.1, 0.15) is 28.9 Å². The average molecular weight is 523 g/mol. The minimum absolute atomic E-state index is 0.125. The molecule has 9 nitrogen and oxygen atoms in total. The summed E-state index contributed by atoms with van der Waals surface area (Å²) in [6.45, 7) is 1.04. The molecule has 3 heterocycles. The number of aromatic nitrogens is 1. The second-order valence-electron chi connectivity index (χ2n) is 8.51. The molecule has 1 unspecified atom stereocenters. The number of thiophene rings is 1. The lowest BCUT2D eigenvalue weighted by atomic mass is 10.0. The number of nitro benzene ring substituents is 1. The minimum Gasteiger partial charge on any atom is -0.484 e. The number of nitro groups is 1. The van der Waals surface area contributed by atoms with Gasteiger partial charge in [0, 0.05) is 23.8 Å². The number of hydrogen-bond acceptors (Lipinski definition) is 8. The number of H-pyrrole nitrogens is 1. The zero-order chi connectivity index (χ0) is 25.8. The monoisotopic (exact) mass is 522 g/mol. The molecule has 0 bridgehead atoms. The molecule has 192 valence electrons. The van der Waals surface area contributed by atoms with Gasteiger partial charge in [0.25, 0.3) is 0 Å². The van der Waals surface area contributed by atoms with E-state index >= 15 is 0 Å². The quantitative estimate of drug-likeness (QED) is 0.121. The van der Waals surface area contributed by atoms with Gasteiger partial charge in [-0.25, -0.2) is 4.79 Å². The molecule has 5 rings (SSSR count). The number of nitrogens with one attached hydrogen (secondary N) is 1. The van der Waals surface area contributed by atoms with Gasteiger partial charge in [0.15, 0.2) is 6.29 Å². The van der Waals surface area contributed by atoms with Crippen molar-refractivity contribution in [1.82, 2.24) is 4.98 Å². The highest BCUT2D eigenvalue weighted by Gasteiger charge is 2.26. The van der Waals surface area contributed by atoms with Crippen LogP contribution in [0.2, 0.25) is 0 Å². The van der Waals surface area contributed by atoms with Crippen molar-refractivity contribution >= 4 is 33.2 Å². The summed E-state index contributed by atoms with van der Waals surface area (Å²) in [6, 6.07) is 16.3. The number of rotatable bonds is 9. The molecule has 37 heavy (non-hydrogen) atoms. The molecule has 4 aromatic rings. The van der Waals surface area contributed by atoms with Crippen molar-refractivity contribution in [3.05, 3.63) is 69.6 Å². The molecule has 1 saturated heterocycles. The number of carbonyl (C=O) groups is 1. The first kappa shape index (κ1) is 24.9. The summed E-state index contributed by atoms with van der Waals surface area (Å²) in [4.78, 5) is 27.5. The normalized spacial score (nSPS) is 15.5. The van der Waals surface area contributed by atoms with Crippen molar-refractivity contribution in [1.29, 1.82) is 0 Å². The summed E-state index contributed by atoms with van der Waals surface area (Å²) in [5.41, 5.74) is 3.53. The van der Waals surface area contributed by atoms with Crippen LogP contribution in [0.15, 0.2) is 54.6 Å². The van der Waals surface area contributed by atoms with Gasteiger partial charge in [-0.05, 0) is 37.0 Å². The third kappa shape index (κ3) is 5.22. The molecule has 10 heteroatoms. The van der Waals surface area contributed by atoms with Gasteiger partial charge in [0.05, 0.1) is 34.6 Å². The van der Waals surface area contributed by atoms with E-state index in [1.54, 1.807) is 18.2 Å². The van der Waals surface area contributed by atoms with Gasteiger partial charge in [0.1, 0.15) is 11.5 Å². The van der Waals surface area contributed by atoms with Crippen LogP contribution >= 0.6 is 11.3 Å². The predicted octanol–water partition coefficient (Wildman–Crippen LogP) is 6.18. The van der Waals surface area contributed by atoms with Crippen LogP contribution in [0.3, 0.4) is 0 Å². The van der Waals surface area contributed by atoms with Crippen molar-refractivity contribution in [2.24, 2.45) is 0 Å². The van der Waals surface area contributed by atoms with Crippen LogP contribution < -0.4 is 4.74 Å². The molecule has 2 aromatic heterocycles. The Morgan fingerprint density at radius 1 is 1.16 bits per heavy atom. The molecule has 0 saturated carbocycles. The Hall–Kier alpha value is -3.73. The van der Waals surface area contributed by atoms with Crippen molar-refractivity contribution in [2.45, 2.75) is 25.6 Å². The number of ether oxygens (including phenoxy) is 4. The lowest BCUT2D eigenvalue weighted by Crippen LogP contribution is -2.24. The van der Waals surface area contributed by atoms with Gasteiger partial charge < -0.3 is 23.9 Å². The summed E-state index contributed by atoms with van der Waals surface area (Å²) in [5.74, 6) is -0.267. The average Bonchev–Trinajstić information content (AvgIpc) is 3.50. The maximum atomic E-state index is 12.2. The fourth-order valence-corrected chi connectivity index (χ4v) is 5.55. The Bertz CT molecular complexity index is 1410. The zero-order valence-electron chi connectivity index (χ0n) is 20.2. The molecule has 0 radical (unpaired) electrons. The topological polar surface area (TPSA) is 113 Å². The van der Waals surface area contributed by atoms with E-state index in [2.05, 4.69) is 4.98 Å². The van der Waals surface area contributed by atoms with E-state index in [0.29, 0.717) is 22.7 Å². The zero-order valence-corrected chi connectivity index (χ0v) is 21.0. The Morgan fingerprint density at radius 2 is 2.00 bits per heavy atom. The number of para-hydroxylation sites is 1. The number of hydrogen-bond donors (Lipinski definition) is 1. The maximum absolute atomic E-state index is 12.2. The number of fused-ring (bicyclic) bond motifs is 1. The summed E-state index contributed by atoms with van der Waals surface area (Å²) in [6.07, 6.45) is 2.62. The Morgan fingerprint density at radius 3 is 2.73 bits per heavy atom. The molecule has 1 N–H and O–H groups in total.